The average molecular weight is 315 g/mol. The van der Waals surface area contributed by atoms with Crippen LogP contribution in [0.3, 0.4) is 0 Å². The third-order valence-electron chi connectivity index (χ3n) is 2.74. The summed E-state index contributed by atoms with van der Waals surface area (Å²) in [4.78, 5) is 0. The van der Waals surface area contributed by atoms with E-state index in [-0.39, 0.29) is 44.6 Å². The van der Waals surface area contributed by atoms with Crippen LogP contribution in [0.15, 0.2) is 0 Å². The van der Waals surface area contributed by atoms with Crippen molar-refractivity contribution in [2.24, 2.45) is 5.14 Å². The predicted octanol–water partition coefficient (Wildman–Crippen LogP) is -1.44. The van der Waals surface area contributed by atoms with E-state index in [9.17, 15) is 16.8 Å². The van der Waals surface area contributed by atoms with Crippen molar-refractivity contribution in [3.05, 3.63) is 0 Å². The van der Waals surface area contributed by atoms with Crippen molar-refractivity contribution >= 4 is 20.2 Å². The Morgan fingerprint density at radius 2 is 1.53 bits per heavy atom. The van der Waals surface area contributed by atoms with Crippen molar-refractivity contribution in [3.8, 4) is 0 Å². The smallest absolute Gasteiger partial charge is 0.276 e. The zero-order chi connectivity index (χ0) is 14.7. The highest BCUT2D eigenvalue weighted by molar-refractivity contribution is 7.89. The van der Waals surface area contributed by atoms with Gasteiger partial charge in [0.1, 0.15) is 0 Å². The second-order valence-electron chi connectivity index (χ2n) is 4.58. The van der Waals surface area contributed by atoms with Gasteiger partial charge in [-0.1, -0.05) is 0 Å². The van der Waals surface area contributed by atoms with E-state index in [2.05, 4.69) is 0 Å². The summed E-state index contributed by atoms with van der Waals surface area (Å²) in [6, 6.07) is 0. The molecule has 0 spiro atoms. The Morgan fingerprint density at radius 1 is 1.05 bits per heavy atom. The minimum Gasteiger partial charge on any atom is -0.378 e. The van der Waals surface area contributed by atoms with Crippen molar-refractivity contribution in [1.82, 2.24) is 8.61 Å². The molecule has 1 saturated heterocycles. The average Bonchev–Trinajstić information content (AvgIpc) is 2.27. The van der Waals surface area contributed by atoms with Gasteiger partial charge in [0.15, 0.2) is 0 Å². The fourth-order valence-corrected chi connectivity index (χ4v) is 3.68. The Labute approximate surface area is 114 Å². The van der Waals surface area contributed by atoms with Gasteiger partial charge in [-0.05, 0) is 13.8 Å². The zero-order valence-corrected chi connectivity index (χ0v) is 12.8. The fraction of sp³-hybridized carbons (Fsp3) is 1.00. The lowest BCUT2D eigenvalue weighted by Crippen LogP contribution is -2.52. The largest absolute Gasteiger partial charge is 0.378 e. The molecule has 0 atom stereocenters. The van der Waals surface area contributed by atoms with Gasteiger partial charge >= 0.3 is 0 Å². The number of nitrogens with zero attached hydrogens (tertiary/aromatic N) is 2. The van der Waals surface area contributed by atoms with E-state index in [0.717, 1.165) is 4.31 Å². The maximum absolute atomic E-state index is 12.0. The monoisotopic (exact) mass is 315 g/mol. The molecule has 0 saturated carbocycles. The molecule has 0 aliphatic carbocycles. The molecule has 0 amide bonds. The minimum atomic E-state index is -3.74. The molecule has 1 rings (SSSR count). The molecule has 19 heavy (non-hydrogen) atoms. The molecule has 2 N–H and O–H groups in total. The second kappa shape index (κ2) is 6.46. The molecular weight excluding hydrogens is 294 g/mol. The summed E-state index contributed by atoms with van der Waals surface area (Å²) < 4.78 is 53.7. The topological polar surface area (TPSA) is 110 Å². The number of nitrogens with two attached hydrogens (primary N) is 1. The summed E-state index contributed by atoms with van der Waals surface area (Å²) in [5.41, 5.74) is 0. The summed E-state index contributed by atoms with van der Waals surface area (Å²) in [6.07, 6.45) is -0.0190. The first-order valence-electron chi connectivity index (χ1n) is 6.00. The highest BCUT2D eigenvalue weighted by Crippen LogP contribution is 2.09. The Kier molecular flexibility index (Phi) is 5.71. The highest BCUT2D eigenvalue weighted by atomic mass is 32.2. The van der Waals surface area contributed by atoms with E-state index < -0.39 is 20.2 Å². The Hall–Kier alpha value is -0.260. The summed E-state index contributed by atoms with van der Waals surface area (Å²) in [6.45, 7) is 4.22. The van der Waals surface area contributed by atoms with Gasteiger partial charge in [-0.15, -0.1) is 0 Å². The molecule has 1 aliphatic rings. The third kappa shape index (κ3) is 5.32. The van der Waals surface area contributed by atoms with Crippen LogP contribution in [0.1, 0.15) is 13.8 Å². The normalized spacial score (nSPS) is 20.0. The molecule has 0 aromatic rings. The van der Waals surface area contributed by atoms with Crippen LogP contribution >= 0.6 is 0 Å². The molecule has 10 heteroatoms. The Bertz CT molecular complexity index is 480. The first-order chi connectivity index (χ1) is 8.63. The molecule has 1 aliphatic heterocycles. The minimum absolute atomic E-state index is 0.0190. The number of sulfonamides is 1. The van der Waals surface area contributed by atoms with Crippen LogP contribution in [0.2, 0.25) is 0 Å². The Balaban J connectivity index is 2.50. The van der Waals surface area contributed by atoms with Crippen LogP contribution in [0.25, 0.3) is 0 Å². The number of rotatable bonds is 6. The van der Waals surface area contributed by atoms with Crippen LogP contribution < -0.4 is 5.14 Å². The summed E-state index contributed by atoms with van der Waals surface area (Å²) in [5, 5.41) is 4.99. The maximum atomic E-state index is 12.0. The van der Waals surface area contributed by atoms with Gasteiger partial charge in [0.05, 0.1) is 18.5 Å². The molecular formula is C9H21N3O5S2. The van der Waals surface area contributed by atoms with E-state index in [1.54, 1.807) is 0 Å². The summed E-state index contributed by atoms with van der Waals surface area (Å²) in [7, 11) is -7.14. The van der Waals surface area contributed by atoms with E-state index in [4.69, 9.17) is 9.88 Å². The van der Waals surface area contributed by atoms with Crippen LogP contribution in [0, 0.1) is 0 Å². The van der Waals surface area contributed by atoms with Crippen LogP contribution in [-0.2, 0) is 25.0 Å². The molecule has 1 heterocycles. The molecule has 114 valence electrons. The van der Waals surface area contributed by atoms with Gasteiger partial charge in [0.2, 0.25) is 10.0 Å². The second-order valence-corrected chi connectivity index (χ2v) is 8.21. The number of hydrogen-bond acceptors (Lipinski definition) is 5. The van der Waals surface area contributed by atoms with Gasteiger partial charge in [0, 0.05) is 26.2 Å². The molecule has 8 nitrogen and oxygen atoms in total. The van der Waals surface area contributed by atoms with Crippen molar-refractivity contribution in [2.45, 2.75) is 20.0 Å². The van der Waals surface area contributed by atoms with E-state index in [1.807, 2.05) is 13.8 Å². The lowest BCUT2D eigenvalue weighted by atomic mass is 10.4. The van der Waals surface area contributed by atoms with E-state index in [1.165, 1.54) is 4.31 Å². The van der Waals surface area contributed by atoms with Crippen LogP contribution in [0.4, 0.5) is 0 Å². The maximum Gasteiger partial charge on any atom is 0.276 e. The first-order valence-corrected chi connectivity index (χ1v) is 9.11. The van der Waals surface area contributed by atoms with Crippen molar-refractivity contribution in [1.29, 1.82) is 0 Å². The fourth-order valence-electron chi connectivity index (χ4n) is 1.72. The van der Waals surface area contributed by atoms with Gasteiger partial charge in [-0.3, -0.25) is 0 Å². The Morgan fingerprint density at radius 3 is 1.95 bits per heavy atom. The predicted molar refractivity (Wildman–Crippen MR) is 71.1 cm³/mol. The molecule has 0 radical (unpaired) electrons. The molecule has 1 fully saturated rings. The molecule has 0 unspecified atom stereocenters. The number of hydrogen-bond donors (Lipinski definition) is 1. The number of ether oxygens (including phenoxy) is 1. The van der Waals surface area contributed by atoms with Crippen molar-refractivity contribution in [3.63, 3.8) is 0 Å². The molecule has 0 bridgehead atoms. The van der Waals surface area contributed by atoms with E-state index in [0.29, 0.717) is 0 Å². The van der Waals surface area contributed by atoms with Gasteiger partial charge in [0.25, 0.3) is 10.2 Å². The van der Waals surface area contributed by atoms with Crippen molar-refractivity contribution < 1.29 is 21.6 Å². The molecule has 0 aromatic carbocycles. The zero-order valence-electron chi connectivity index (χ0n) is 11.1. The summed E-state index contributed by atoms with van der Waals surface area (Å²) in [5.74, 6) is -0.0967. The molecule has 0 aromatic heterocycles. The lowest BCUT2D eigenvalue weighted by Gasteiger charge is -2.32. The van der Waals surface area contributed by atoms with Crippen molar-refractivity contribution in [2.75, 3.05) is 38.5 Å². The van der Waals surface area contributed by atoms with Crippen LogP contribution in [-0.4, -0.2) is 70.1 Å². The SMILES string of the molecule is CC(C)OCCS(=O)(=O)N1CCN(S(N)(=O)=O)CC1. The summed E-state index contributed by atoms with van der Waals surface area (Å²) >= 11 is 0. The number of piperazine rings is 1. The first kappa shape index (κ1) is 16.8. The van der Waals surface area contributed by atoms with E-state index >= 15 is 0 Å². The van der Waals surface area contributed by atoms with Gasteiger partial charge in [-0.25, -0.2) is 13.6 Å². The van der Waals surface area contributed by atoms with Gasteiger partial charge < -0.3 is 4.74 Å². The quantitative estimate of drug-likeness (QED) is 0.645. The lowest BCUT2D eigenvalue weighted by molar-refractivity contribution is 0.0905. The third-order valence-corrected chi connectivity index (χ3v) is 5.66. The van der Waals surface area contributed by atoms with Crippen LogP contribution in [0.5, 0.6) is 0 Å². The standard InChI is InChI=1S/C9H21N3O5S2/c1-9(2)17-7-8-18(13,14)11-3-5-12(6-4-11)19(10,15)16/h9H,3-8H2,1-2H3,(H2,10,15,16). The van der Waals surface area contributed by atoms with Gasteiger partial charge in [-0.2, -0.15) is 17.0 Å². The highest BCUT2D eigenvalue weighted by Gasteiger charge is 2.30.